The number of hydrogen-bond acceptors (Lipinski definition) is 2. The summed E-state index contributed by atoms with van der Waals surface area (Å²) in [7, 11) is 0. The van der Waals surface area contributed by atoms with Crippen molar-refractivity contribution >= 4 is 10.8 Å². The molecule has 2 nitrogen and oxygen atoms in total. The van der Waals surface area contributed by atoms with Crippen molar-refractivity contribution in [2.45, 2.75) is 44.9 Å². The van der Waals surface area contributed by atoms with Gasteiger partial charge in [-0.05, 0) is 71.8 Å². The highest BCUT2D eigenvalue weighted by atomic mass is 19.4. The molecule has 0 aliphatic carbocycles. The van der Waals surface area contributed by atoms with E-state index in [2.05, 4.69) is 16.6 Å². The first-order chi connectivity index (χ1) is 22.7. The number of ether oxygens (including phenoxy) is 1. The van der Waals surface area contributed by atoms with Crippen LogP contribution in [0.4, 0.5) is 43.9 Å². The number of halogens is 10. The van der Waals surface area contributed by atoms with Gasteiger partial charge in [-0.3, -0.25) is 4.98 Å². The predicted octanol–water partition coefficient (Wildman–Crippen LogP) is 11.0. The van der Waals surface area contributed by atoms with E-state index in [0.717, 1.165) is 61.4 Å². The molecule has 0 radical (unpaired) electrons. The van der Waals surface area contributed by atoms with E-state index in [1.807, 2.05) is 0 Å². The van der Waals surface area contributed by atoms with E-state index in [1.54, 1.807) is 12.3 Å². The molecule has 0 bridgehead atoms. The summed E-state index contributed by atoms with van der Waals surface area (Å²) in [6, 6.07) is 11.1. The molecule has 0 unspecified atom stereocenters. The number of alkyl halides is 5. The number of aromatic nitrogens is 1. The van der Waals surface area contributed by atoms with E-state index in [0.29, 0.717) is 24.3 Å². The Hall–Kier alpha value is -5.05. The molecule has 0 saturated heterocycles. The molecule has 12 heteroatoms. The molecule has 5 aromatic rings. The SMILES string of the molecule is CCCCCc1ccc(-c2cc(F)c(C(F)(F)Oc3ccc(-c4ccc5c(F)c(C#CC(F)(F)F)c(F)cc5c4)c(F)c3)c(F)c2)nc1. The van der Waals surface area contributed by atoms with Gasteiger partial charge in [0.15, 0.2) is 0 Å². The zero-order valence-electron chi connectivity index (χ0n) is 24.9. The van der Waals surface area contributed by atoms with E-state index >= 15 is 13.2 Å². The fourth-order valence-electron chi connectivity index (χ4n) is 5.06. The molecule has 1 heterocycles. The number of rotatable bonds is 9. The highest BCUT2D eigenvalue weighted by Crippen LogP contribution is 2.38. The van der Waals surface area contributed by atoms with Crippen molar-refractivity contribution in [3.05, 3.63) is 119 Å². The Morgan fingerprint density at radius 2 is 1.46 bits per heavy atom. The third kappa shape index (κ3) is 7.56. The van der Waals surface area contributed by atoms with E-state index in [9.17, 15) is 30.7 Å². The molecule has 4 aromatic carbocycles. The van der Waals surface area contributed by atoms with Crippen molar-refractivity contribution < 1.29 is 48.6 Å². The predicted molar refractivity (Wildman–Crippen MR) is 160 cm³/mol. The van der Waals surface area contributed by atoms with E-state index in [-0.39, 0.29) is 33.2 Å². The van der Waals surface area contributed by atoms with Gasteiger partial charge in [0.05, 0.1) is 11.3 Å². The van der Waals surface area contributed by atoms with Crippen molar-refractivity contribution in [1.29, 1.82) is 0 Å². The zero-order chi connectivity index (χ0) is 34.8. The Morgan fingerprint density at radius 3 is 2.08 bits per heavy atom. The minimum atomic E-state index is -4.99. The molecular weight excluding hydrogens is 652 g/mol. The van der Waals surface area contributed by atoms with Crippen molar-refractivity contribution in [3.8, 4) is 40.0 Å². The minimum Gasteiger partial charge on any atom is -0.429 e. The summed E-state index contributed by atoms with van der Waals surface area (Å²) >= 11 is 0. The van der Waals surface area contributed by atoms with Gasteiger partial charge in [-0.1, -0.05) is 43.9 Å². The Balaban J connectivity index is 1.37. The first-order valence-corrected chi connectivity index (χ1v) is 14.5. The van der Waals surface area contributed by atoms with Crippen molar-refractivity contribution in [2.24, 2.45) is 0 Å². The van der Waals surface area contributed by atoms with Crippen LogP contribution in [-0.2, 0) is 12.5 Å². The first-order valence-electron chi connectivity index (χ1n) is 14.5. The van der Waals surface area contributed by atoms with Gasteiger partial charge in [0.25, 0.3) is 0 Å². The van der Waals surface area contributed by atoms with E-state index in [1.165, 1.54) is 18.1 Å². The van der Waals surface area contributed by atoms with Crippen LogP contribution in [0.15, 0.2) is 72.9 Å². The fraction of sp³-hybridized carbons (Fsp3) is 0.194. The minimum absolute atomic E-state index is 0.0153. The number of pyridine rings is 1. The number of aryl methyl sites for hydroxylation is 1. The van der Waals surface area contributed by atoms with Gasteiger partial charge in [0, 0.05) is 34.7 Å². The molecule has 0 saturated carbocycles. The largest absolute Gasteiger partial charge is 0.458 e. The van der Waals surface area contributed by atoms with Gasteiger partial charge in [0.2, 0.25) is 0 Å². The maximum Gasteiger partial charge on any atom is 0.458 e. The Kier molecular flexibility index (Phi) is 9.71. The lowest BCUT2D eigenvalue weighted by Gasteiger charge is -2.20. The smallest absolute Gasteiger partial charge is 0.429 e. The van der Waals surface area contributed by atoms with Gasteiger partial charge in [-0.2, -0.15) is 22.0 Å². The van der Waals surface area contributed by atoms with Gasteiger partial charge in [-0.25, -0.2) is 22.0 Å². The summed E-state index contributed by atoms with van der Waals surface area (Å²) < 4.78 is 146. The maximum absolute atomic E-state index is 15.1. The van der Waals surface area contributed by atoms with Crippen LogP contribution in [0.2, 0.25) is 0 Å². The molecule has 0 spiro atoms. The molecule has 248 valence electrons. The van der Waals surface area contributed by atoms with Gasteiger partial charge in [-0.15, -0.1) is 0 Å². The van der Waals surface area contributed by atoms with Gasteiger partial charge < -0.3 is 4.74 Å². The highest BCUT2D eigenvalue weighted by molar-refractivity contribution is 5.89. The van der Waals surface area contributed by atoms with Gasteiger partial charge >= 0.3 is 12.3 Å². The monoisotopic (exact) mass is 675 g/mol. The highest BCUT2D eigenvalue weighted by Gasteiger charge is 2.41. The Labute approximate surface area is 268 Å². The molecule has 5 rings (SSSR count). The molecule has 0 N–H and O–H groups in total. The van der Waals surface area contributed by atoms with Crippen molar-refractivity contribution in [3.63, 3.8) is 0 Å². The van der Waals surface area contributed by atoms with Crippen LogP contribution in [-0.4, -0.2) is 11.2 Å². The summed E-state index contributed by atoms with van der Waals surface area (Å²) in [6.07, 6.45) is -4.25. The molecule has 0 amide bonds. The van der Waals surface area contributed by atoms with E-state index < -0.39 is 58.2 Å². The number of benzene rings is 4. The van der Waals surface area contributed by atoms with E-state index in [4.69, 9.17) is 0 Å². The Bertz CT molecular complexity index is 2020. The summed E-state index contributed by atoms with van der Waals surface area (Å²) in [4.78, 5) is 4.18. The molecule has 1 aromatic heterocycles. The molecule has 0 fully saturated rings. The second-order valence-electron chi connectivity index (χ2n) is 10.8. The number of fused-ring (bicyclic) bond motifs is 1. The summed E-state index contributed by atoms with van der Waals surface area (Å²) in [5, 5.41) is -0.462. The second kappa shape index (κ2) is 13.6. The summed E-state index contributed by atoms with van der Waals surface area (Å²) in [5.74, 6) is -5.71. The van der Waals surface area contributed by atoms with Crippen LogP contribution in [0.5, 0.6) is 5.75 Å². The summed E-state index contributed by atoms with van der Waals surface area (Å²) in [5.41, 5.74) is -2.03. The molecule has 48 heavy (non-hydrogen) atoms. The number of nitrogens with zero attached hydrogens (tertiary/aromatic N) is 1. The average molecular weight is 676 g/mol. The second-order valence-corrected chi connectivity index (χ2v) is 10.8. The van der Waals surface area contributed by atoms with Crippen LogP contribution in [0.25, 0.3) is 33.2 Å². The first kappa shape index (κ1) is 34.3. The molecule has 0 atom stereocenters. The summed E-state index contributed by atoms with van der Waals surface area (Å²) in [6.45, 7) is 2.06. The Morgan fingerprint density at radius 1 is 0.729 bits per heavy atom. The molecular formula is C36H23F10NO. The molecule has 0 aliphatic rings. The standard InChI is InChI=1S/C36H23F10NO/c1-2-3-4-5-20-6-11-32(47-19-20)23-16-30(39)33(31(40)17-23)36(45,46)48-24-8-10-25(29(38)18-24)21-7-9-26-22(14-21)15-28(37)27(34(26)41)12-13-35(42,43)44/h6-11,14-19H,2-5H2,1H3. The average Bonchev–Trinajstić information content (AvgIpc) is 3.00. The van der Waals surface area contributed by atoms with Crippen LogP contribution in [0, 0.1) is 40.9 Å². The zero-order valence-corrected chi connectivity index (χ0v) is 24.9. The third-order valence-electron chi connectivity index (χ3n) is 7.38. The topological polar surface area (TPSA) is 22.1 Å². The normalized spacial score (nSPS) is 11.8. The third-order valence-corrected chi connectivity index (χ3v) is 7.38. The van der Waals surface area contributed by atoms with Gasteiger partial charge in [0.1, 0.15) is 40.4 Å². The van der Waals surface area contributed by atoms with Crippen LogP contribution in [0.3, 0.4) is 0 Å². The van der Waals surface area contributed by atoms with Crippen molar-refractivity contribution in [2.75, 3.05) is 0 Å². The number of hydrogen-bond donors (Lipinski definition) is 0. The number of unbranched alkanes of at least 4 members (excludes halogenated alkanes) is 2. The van der Waals surface area contributed by atoms with Crippen LogP contribution >= 0.6 is 0 Å². The lowest BCUT2D eigenvalue weighted by Crippen LogP contribution is -2.25. The quantitative estimate of drug-likeness (QED) is 0.0881. The van der Waals surface area contributed by atoms with Crippen molar-refractivity contribution in [1.82, 2.24) is 4.98 Å². The van der Waals surface area contributed by atoms with Crippen LogP contribution in [0.1, 0.15) is 42.9 Å². The lowest BCUT2D eigenvalue weighted by atomic mass is 9.98. The fourth-order valence-corrected chi connectivity index (χ4v) is 5.06. The molecule has 0 aliphatic heterocycles. The lowest BCUT2D eigenvalue weighted by molar-refractivity contribution is -0.189. The van der Waals surface area contributed by atoms with Crippen LogP contribution < -0.4 is 4.74 Å². The maximum atomic E-state index is 15.1.